The van der Waals surface area contributed by atoms with E-state index in [0.717, 1.165) is 47.8 Å². The van der Waals surface area contributed by atoms with E-state index in [2.05, 4.69) is 21.5 Å². The van der Waals surface area contributed by atoms with Gasteiger partial charge in [0.1, 0.15) is 17.8 Å². The highest BCUT2D eigenvalue weighted by atomic mass is 35.5. The second kappa shape index (κ2) is 9.66. The second-order valence-corrected chi connectivity index (χ2v) is 11.2. The van der Waals surface area contributed by atoms with Crippen LogP contribution in [0.4, 0.5) is 4.39 Å². The van der Waals surface area contributed by atoms with Gasteiger partial charge in [0.05, 0.1) is 39.5 Å². The second-order valence-electron chi connectivity index (χ2n) is 10.8. The van der Waals surface area contributed by atoms with Crippen LogP contribution in [-0.4, -0.2) is 52.2 Å². The van der Waals surface area contributed by atoms with Crippen molar-refractivity contribution in [1.82, 2.24) is 34.2 Å². The molecule has 2 bridgehead atoms. The smallest absolute Gasteiger partial charge is 0.246 e. The summed E-state index contributed by atoms with van der Waals surface area (Å²) in [5, 5.41) is 5.84. The molecule has 11 heteroatoms. The van der Waals surface area contributed by atoms with Gasteiger partial charge in [-0.3, -0.25) is 4.79 Å². The largest absolute Gasteiger partial charge is 0.453 e. The molecule has 41 heavy (non-hydrogen) atoms. The summed E-state index contributed by atoms with van der Waals surface area (Å²) in [5.74, 6) is -0.273. The van der Waals surface area contributed by atoms with Crippen LogP contribution in [0.5, 0.6) is 11.5 Å². The summed E-state index contributed by atoms with van der Waals surface area (Å²) in [6.45, 7) is 5.56. The van der Waals surface area contributed by atoms with Crippen LogP contribution < -0.4 is 4.74 Å². The number of aromatic nitrogens is 6. The van der Waals surface area contributed by atoms with Crippen molar-refractivity contribution in [3.63, 3.8) is 0 Å². The van der Waals surface area contributed by atoms with E-state index in [0.29, 0.717) is 22.7 Å². The average molecular weight is 572 g/mol. The van der Waals surface area contributed by atoms with Gasteiger partial charge in [-0.15, -0.1) is 0 Å². The summed E-state index contributed by atoms with van der Waals surface area (Å²) in [4.78, 5) is 27.8. The maximum absolute atomic E-state index is 15.6. The molecule has 3 atom stereocenters. The van der Waals surface area contributed by atoms with Crippen molar-refractivity contribution in [2.45, 2.75) is 50.7 Å². The van der Waals surface area contributed by atoms with Crippen molar-refractivity contribution in [2.75, 3.05) is 0 Å². The third-order valence-electron chi connectivity index (χ3n) is 8.35. The lowest BCUT2D eigenvalue weighted by molar-refractivity contribution is -0.130. The highest BCUT2D eigenvalue weighted by Crippen LogP contribution is 2.44. The number of hydrogen-bond acceptors (Lipinski definition) is 6. The van der Waals surface area contributed by atoms with E-state index in [1.807, 2.05) is 34.2 Å². The molecule has 9 nitrogen and oxygen atoms in total. The molecule has 2 aliphatic heterocycles. The number of ether oxygens (including phenoxy) is 1. The van der Waals surface area contributed by atoms with E-state index in [9.17, 15) is 4.79 Å². The number of benzene rings is 2. The lowest BCUT2D eigenvalue weighted by Crippen LogP contribution is -2.46. The van der Waals surface area contributed by atoms with E-state index in [-0.39, 0.29) is 34.8 Å². The van der Waals surface area contributed by atoms with E-state index >= 15 is 4.39 Å². The maximum atomic E-state index is 15.6. The third-order valence-corrected chi connectivity index (χ3v) is 8.63. The summed E-state index contributed by atoms with van der Waals surface area (Å²) in [6.07, 6.45) is 8.06. The van der Waals surface area contributed by atoms with Crippen molar-refractivity contribution >= 4 is 39.6 Å². The third kappa shape index (κ3) is 4.16. The first-order chi connectivity index (χ1) is 19.8. The number of amides is 1. The summed E-state index contributed by atoms with van der Waals surface area (Å²) < 4.78 is 25.3. The molecule has 0 saturated carbocycles. The molecule has 2 aromatic carbocycles. The first-order valence-corrected chi connectivity index (χ1v) is 13.9. The normalized spacial score (nSPS) is 20.2. The number of carbonyl (C=O) groups is 1. The van der Waals surface area contributed by atoms with E-state index in [4.69, 9.17) is 21.4 Å². The highest BCUT2D eigenvalue weighted by molar-refractivity contribution is 6.32. The fourth-order valence-electron chi connectivity index (χ4n) is 6.48. The Morgan fingerprint density at radius 3 is 2.63 bits per heavy atom. The average Bonchev–Trinajstić information content (AvgIpc) is 3.62. The van der Waals surface area contributed by atoms with Gasteiger partial charge in [-0.2, -0.15) is 5.10 Å². The van der Waals surface area contributed by atoms with Crippen molar-refractivity contribution in [3.05, 3.63) is 72.2 Å². The van der Waals surface area contributed by atoms with Crippen LogP contribution in [0.15, 0.2) is 55.6 Å². The van der Waals surface area contributed by atoms with Gasteiger partial charge in [0, 0.05) is 30.8 Å². The predicted octanol–water partition coefficient (Wildman–Crippen LogP) is 6.15. The molecule has 7 rings (SSSR count). The first-order valence-electron chi connectivity index (χ1n) is 13.5. The number of aryl methyl sites for hydroxylation is 2. The van der Waals surface area contributed by atoms with Gasteiger partial charge in [0.2, 0.25) is 5.91 Å². The summed E-state index contributed by atoms with van der Waals surface area (Å²) in [6, 6.07) is 8.70. The molecule has 3 aromatic heterocycles. The first kappa shape index (κ1) is 25.6. The molecular weight excluding hydrogens is 545 g/mol. The number of piperidine rings is 1. The van der Waals surface area contributed by atoms with E-state index in [1.54, 1.807) is 24.5 Å². The topological polar surface area (TPSA) is 91.0 Å². The Morgan fingerprint density at radius 1 is 1.12 bits per heavy atom. The van der Waals surface area contributed by atoms with Crippen LogP contribution in [0.3, 0.4) is 0 Å². The number of imidazole rings is 1. The molecule has 5 aromatic rings. The van der Waals surface area contributed by atoms with Gasteiger partial charge < -0.3 is 14.2 Å². The molecule has 208 valence electrons. The van der Waals surface area contributed by atoms with E-state index < -0.39 is 5.82 Å². The number of hydrogen-bond donors (Lipinski definition) is 0. The van der Waals surface area contributed by atoms with Crippen molar-refractivity contribution < 1.29 is 13.9 Å². The predicted molar refractivity (Wildman–Crippen MR) is 153 cm³/mol. The molecule has 1 unspecified atom stereocenters. The Bertz CT molecular complexity index is 1830. The van der Waals surface area contributed by atoms with Crippen LogP contribution in [0.2, 0.25) is 5.02 Å². The van der Waals surface area contributed by atoms with Crippen LogP contribution >= 0.6 is 11.6 Å². The minimum atomic E-state index is -0.611. The zero-order chi connectivity index (χ0) is 28.4. The molecule has 0 spiro atoms. The fourth-order valence-corrected chi connectivity index (χ4v) is 6.72. The van der Waals surface area contributed by atoms with Gasteiger partial charge in [-0.1, -0.05) is 18.2 Å². The Kier molecular flexibility index (Phi) is 6.04. The van der Waals surface area contributed by atoms with Gasteiger partial charge in [0.25, 0.3) is 0 Å². The monoisotopic (exact) mass is 571 g/mol. The lowest BCUT2D eigenvalue weighted by Gasteiger charge is -2.38. The van der Waals surface area contributed by atoms with Crippen molar-refractivity contribution in [2.24, 2.45) is 7.05 Å². The summed E-state index contributed by atoms with van der Waals surface area (Å²) in [7, 11) is 1.90. The number of fused-ring (bicyclic) bond motifs is 4. The number of halogens is 2. The lowest BCUT2D eigenvalue weighted by atomic mass is 9.97. The van der Waals surface area contributed by atoms with Crippen LogP contribution in [0.25, 0.3) is 33.3 Å². The molecule has 5 heterocycles. The molecule has 1 amide bonds. The number of rotatable bonds is 5. The highest BCUT2D eigenvalue weighted by Gasteiger charge is 2.44. The molecule has 2 fully saturated rings. The molecule has 0 radical (unpaired) electrons. The number of carbonyl (C=O) groups excluding carboxylic acids is 1. The minimum absolute atomic E-state index is 0.0208. The van der Waals surface area contributed by atoms with Gasteiger partial charge in [-0.05, 0) is 62.9 Å². The Hall–Kier alpha value is -4.31. The Balaban J connectivity index is 1.25. The van der Waals surface area contributed by atoms with Crippen LogP contribution in [0.1, 0.15) is 37.4 Å². The molecule has 0 aliphatic carbocycles. The summed E-state index contributed by atoms with van der Waals surface area (Å²) >= 11 is 6.61. The Labute approximate surface area is 240 Å². The Morgan fingerprint density at radius 2 is 1.90 bits per heavy atom. The minimum Gasteiger partial charge on any atom is -0.453 e. The zero-order valence-electron chi connectivity index (χ0n) is 22.6. The van der Waals surface area contributed by atoms with Crippen molar-refractivity contribution in [3.8, 4) is 22.8 Å². The van der Waals surface area contributed by atoms with E-state index in [1.165, 1.54) is 18.5 Å². The van der Waals surface area contributed by atoms with Gasteiger partial charge >= 0.3 is 0 Å². The molecule has 2 aliphatic rings. The van der Waals surface area contributed by atoms with Crippen LogP contribution in [0, 0.1) is 12.7 Å². The fraction of sp³-hybridized carbons (Fsp3) is 0.300. The molecule has 0 N–H and O–H groups in total. The molecule has 2 saturated heterocycles. The van der Waals surface area contributed by atoms with Gasteiger partial charge in [0.15, 0.2) is 17.2 Å². The summed E-state index contributed by atoms with van der Waals surface area (Å²) in [5.41, 5.74) is 4.14. The van der Waals surface area contributed by atoms with Crippen molar-refractivity contribution in [1.29, 1.82) is 0 Å². The zero-order valence-corrected chi connectivity index (χ0v) is 23.3. The standard InChI is InChI=1S/C30H27ClFN7O2/c1-4-26(40)38-18-5-6-19(38)12-20(11-18)39-30-27(16(2)33-14-34-30)28(36-39)17-9-22(31)29(23(32)10-17)41-21-7-8-25-24(13-21)35-15-37(25)3/h4,7-10,13-15,18-20H,1,5-6,11-12H2,2-3H3/t18-,19+,20?. The maximum Gasteiger partial charge on any atom is 0.246 e. The SMILES string of the molecule is C=CC(=O)N1[C@@H]2CC[C@H]1CC(n1nc(-c3cc(F)c(Oc4ccc5c(c4)ncn5C)c(Cl)c3)c3c(C)ncnc31)C2. The van der Waals surface area contributed by atoms with Crippen LogP contribution in [-0.2, 0) is 11.8 Å². The molecular formula is C30H27ClFN7O2. The number of nitrogens with zero attached hydrogens (tertiary/aromatic N) is 7. The quantitative estimate of drug-likeness (QED) is 0.235. The van der Waals surface area contributed by atoms with Gasteiger partial charge in [-0.25, -0.2) is 24.0 Å².